The Labute approximate surface area is 100 Å². The third kappa shape index (κ3) is 2.09. The molecule has 0 aliphatic heterocycles. The van der Waals surface area contributed by atoms with E-state index in [4.69, 9.17) is 20.3 Å². The van der Waals surface area contributed by atoms with E-state index in [9.17, 15) is 4.79 Å². The van der Waals surface area contributed by atoms with Crippen LogP contribution in [0.3, 0.4) is 0 Å². The maximum absolute atomic E-state index is 10.9. The van der Waals surface area contributed by atoms with E-state index in [1.54, 1.807) is 0 Å². The lowest BCUT2D eigenvalue weighted by Gasteiger charge is -2.13. The van der Waals surface area contributed by atoms with Crippen molar-refractivity contribution in [2.45, 2.75) is 0 Å². The summed E-state index contributed by atoms with van der Waals surface area (Å²) in [6, 6.07) is 1.35. The lowest BCUT2D eigenvalue weighted by molar-refractivity contribution is 0.0697. The summed E-state index contributed by atoms with van der Waals surface area (Å²) in [6.45, 7) is 0. The van der Waals surface area contributed by atoms with Crippen LogP contribution in [0.4, 0.5) is 5.69 Å². The number of carboxylic acids is 1. The number of hydrogen-bond donors (Lipinski definition) is 2. The summed E-state index contributed by atoms with van der Waals surface area (Å²) >= 11 is 1.92. The van der Waals surface area contributed by atoms with Crippen molar-refractivity contribution in [3.63, 3.8) is 0 Å². The van der Waals surface area contributed by atoms with Gasteiger partial charge in [-0.15, -0.1) is 0 Å². The first kappa shape index (κ1) is 11.9. The maximum Gasteiger partial charge on any atom is 0.337 e. The van der Waals surface area contributed by atoms with Gasteiger partial charge in [0.1, 0.15) is 0 Å². The Morgan fingerprint density at radius 3 is 2.47 bits per heavy atom. The average molecular weight is 323 g/mol. The Hall–Kier alpha value is -1.18. The quantitative estimate of drug-likeness (QED) is 0.652. The molecular formula is C9H10INO4. The number of aromatic carboxylic acids is 1. The first-order chi connectivity index (χ1) is 7.02. The lowest BCUT2D eigenvalue weighted by Crippen LogP contribution is -2.06. The Morgan fingerprint density at radius 2 is 2.07 bits per heavy atom. The number of anilines is 1. The van der Waals surface area contributed by atoms with E-state index in [2.05, 4.69) is 0 Å². The number of methoxy groups -OCH3 is 2. The molecule has 0 spiro atoms. The van der Waals surface area contributed by atoms with Crippen molar-refractivity contribution in [1.29, 1.82) is 0 Å². The molecule has 5 nitrogen and oxygen atoms in total. The highest BCUT2D eigenvalue weighted by molar-refractivity contribution is 14.1. The number of carbonyl (C=O) groups is 1. The van der Waals surface area contributed by atoms with Crippen molar-refractivity contribution in [2.24, 2.45) is 0 Å². The Kier molecular flexibility index (Phi) is 3.61. The topological polar surface area (TPSA) is 81.8 Å². The Balaban J connectivity index is 3.49. The van der Waals surface area contributed by atoms with E-state index in [-0.39, 0.29) is 11.3 Å². The predicted molar refractivity (Wildman–Crippen MR) is 63.6 cm³/mol. The molecule has 1 aromatic carbocycles. The number of nitrogens with two attached hydrogens (primary N) is 1. The minimum absolute atomic E-state index is 0.0112. The molecule has 0 atom stereocenters. The monoisotopic (exact) mass is 323 g/mol. The van der Waals surface area contributed by atoms with Gasteiger partial charge in [0, 0.05) is 6.07 Å². The molecule has 0 bridgehead atoms. The molecule has 0 aromatic heterocycles. The molecule has 0 heterocycles. The first-order valence-corrected chi connectivity index (χ1v) is 5.04. The largest absolute Gasteiger partial charge is 0.493 e. The third-order valence-corrected chi connectivity index (χ3v) is 2.95. The summed E-state index contributed by atoms with van der Waals surface area (Å²) in [6.07, 6.45) is 0. The van der Waals surface area contributed by atoms with Gasteiger partial charge in [0.05, 0.1) is 29.0 Å². The number of rotatable bonds is 3. The highest BCUT2D eigenvalue weighted by Crippen LogP contribution is 2.38. The van der Waals surface area contributed by atoms with Crippen LogP contribution >= 0.6 is 22.6 Å². The second kappa shape index (κ2) is 4.56. The highest BCUT2D eigenvalue weighted by atomic mass is 127. The van der Waals surface area contributed by atoms with Crippen molar-refractivity contribution in [3.05, 3.63) is 15.2 Å². The second-order valence-corrected chi connectivity index (χ2v) is 3.77. The standard InChI is InChI=1S/C9H10INO4/c1-14-5-3-4(9(12)13)7(11)6(10)8(5)15-2/h3H,11H2,1-2H3,(H,12,13). The molecule has 3 N–H and O–H groups in total. The fraction of sp³-hybridized carbons (Fsp3) is 0.222. The van der Waals surface area contributed by atoms with Crippen LogP contribution in [0.15, 0.2) is 6.07 Å². The molecule has 0 radical (unpaired) electrons. The van der Waals surface area contributed by atoms with Crippen LogP contribution in [0.25, 0.3) is 0 Å². The predicted octanol–water partition coefficient (Wildman–Crippen LogP) is 1.59. The van der Waals surface area contributed by atoms with Crippen molar-refractivity contribution in [3.8, 4) is 11.5 Å². The zero-order valence-electron chi connectivity index (χ0n) is 8.20. The van der Waals surface area contributed by atoms with E-state index in [0.717, 1.165) is 0 Å². The number of hydrogen-bond acceptors (Lipinski definition) is 4. The number of ether oxygens (including phenoxy) is 2. The van der Waals surface area contributed by atoms with Gasteiger partial charge in [-0.1, -0.05) is 0 Å². The summed E-state index contributed by atoms with van der Waals surface area (Å²) in [7, 11) is 2.91. The van der Waals surface area contributed by atoms with Gasteiger partial charge in [-0.05, 0) is 22.6 Å². The lowest BCUT2D eigenvalue weighted by atomic mass is 10.1. The maximum atomic E-state index is 10.9. The summed E-state index contributed by atoms with van der Waals surface area (Å²) in [5.74, 6) is -0.291. The zero-order valence-corrected chi connectivity index (χ0v) is 10.4. The van der Waals surface area contributed by atoms with Gasteiger partial charge in [-0.25, -0.2) is 4.79 Å². The van der Waals surface area contributed by atoms with Gasteiger partial charge in [0.15, 0.2) is 11.5 Å². The van der Waals surface area contributed by atoms with Gasteiger partial charge < -0.3 is 20.3 Å². The summed E-state index contributed by atoms with van der Waals surface area (Å²) in [5.41, 5.74) is 5.85. The van der Waals surface area contributed by atoms with Crippen LogP contribution < -0.4 is 15.2 Å². The summed E-state index contributed by atoms with van der Waals surface area (Å²) in [5, 5.41) is 8.89. The summed E-state index contributed by atoms with van der Waals surface area (Å²) < 4.78 is 10.6. The van der Waals surface area contributed by atoms with Crippen molar-refractivity contribution < 1.29 is 19.4 Å². The number of nitrogen functional groups attached to an aromatic ring is 1. The fourth-order valence-electron chi connectivity index (χ4n) is 1.14. The molecule has 82 valence electrons. The first-order valence-electron chi connectivity index (χ1n) is 3.96. The van der Waals surface area contributed by atoms with Crippen molar-refractivity contribution >= 4 is 34.2 Å². The van der Waals surface area contributed by atoms with Gasteiger partial charge in [-0.3, -0.25) is 0 Å². The smallest absolute Gasteiger partial charge is 0.337 e. The Morgan fingerprint density at radius 1 is 1.47 bits per heavy atom. The van der Waals surface area contributed by atoms with Crippen molar-refractivity contribution in [1.82, 2.24) is 0 Å². The van der Waals surface area contributed by atoms with E-state index in [0.29, 0.717) is 15.1 Å². The van der Waals surface area contributed by atoms with Crippen LogP contribution in [0.1, 0.15) is 10.4 Å². The molecule has 0 amide bonds. The number of benzene rings is 1. The van der Waals surface area contributed by atoms with Crippen LogP contribution in [-0.4, -0.2) is 25.3 Å². The Bertz CT molecular complexity index is 406. The van der Waals surface area contributed by atoms with Crippen LogP contribution in [0.2, 0.25) is 0 Å². The van der Waals surface area contributed by atoms with Crippen molar-refractivity contribution in [2.75, 3.05) is 20.0 Å². The minimum atomic E-state index is -1.09. The molecule has 0 aliphatic rings. The van der Waals surface area contributed by atoms with E-state index in [1.807, 2.05) is 22.6 Å². The molecule has 0 unspecified atom stereocenters. The molecule has 6 heteroatoms. The van der Waals surface area contributed by atoms with Crippen LogP contribution in [-0.2, 0) is 0 Å². The number of halogens is 1. The SMILES string of the molecule is COc1cc(C(=O)O)c(N)c(I)c1OC. The zero-order chi connectivity index (χ0) is 11.6. The fourth-order valence-corrected chi connectivity index (χ4v) is 1.92. The van der Waals surface area contributed by atoms with Gasteiger partial charge in [-0.2, -0.15) is 0 Å². The normalized spacial score (nSPS) is 9.80. The van der Waals surface area contributed by atoms with Gasteiger partial charge in [0.25, 0.3) is 0 Å². The van der Waals surface area contributed by atoms with Crippen LogP contribution in [0, 0.1) is 3.57 Å². The van der Waals surface area contributed by atoms with E-state index >= 15 is 0 Å². The molecule has 0 saturated carbocycles. The second-order valence-electron chi connectivity index (χ2n) is 2.69. The molecule has 1 rings (SSSR count). The molecule has 15 heavy (non-hydrogen) atoms. The average Bonchev–Trinajstić information content (AvgIpc) is 2.21. The van der Waals surface area contributed by atoms with Crippen LogP contribution in [0.5, 0.6) is 11.5 Å². The molecule has 0 saturated heterocycles. The van der Waals surface area contributed by atoms with Gasteiger partial charge >= 0.3 is 5.97 Å². The molecule has 0 aliphatic carbocycles. The minimum Gasteiger partial charge on any atom is -0.493 e. The summed E-state index contributed by atoms with van der Waals surface area (Å²) in [4.78, 5) is 10.9. The molecule has 0 fully saturated rings. The highest BCUT2D eigenvalue weighted by Gasteiger charge is 2.19. The van der Waals surface area contributed by atoms with E-state index < -0.39 is 5.97 Å². The van der Waals surface area contributed by atoms with Gasteiger partial charge in [0.2, 0.25) is 0 Å². The molecule has 1 aromatic rings. The third-order valence-electron chi connectivity index (χ3n) is 1.88. The van der Waals surface area contributed by atoms with E-state index in [1.165, 1.54) is 20.3 Å². The number of carboxylic acid groups (broad SMARTS) is 1. The molecular weight excluding hydrogens is 313 g/mol.